The SMILES string of the molecule is Cc1c2c(cc3ccccc13)-c1nccc3c([CH2][Ge]([CH3])([CH3])[CH3])ccc(c13)O2. The number of aryl methyl sites for hydroxylation is 1. The summed E-state index contributed by atoms with van der Waals surface area (Å²) in [5.74, 6) is 9.28. The van der Waals surface area contributed by atoms with E-state index >= 15 is 0 Å². The van der Waals surface area contributed by atoms with Gasteiger partial charge in [0.2, 0.25) is 0 Å². The van der Waals surface area contributed by atoms with E-state index in [2.05, 4.69) is 72.7 Å². The molecule has 0 spiro atoms. The molecule has 4 aromatic rings. The van der Waals surface area contributed by atoms with Crippen molar-refractivity contribution in [2.75, 3.05) is 0 Å². The van der Waals surface area contributed by atoms with Crippen molar-refractivity contribution in [2.45, 2.75) is 29.4 Å². The number of aromatic nitrogens is 1. The van der Waals surface area contributed by atoms with Gasteiger partial charge in [-0.2, -0.15) is 0 Å². The summed E-state index contributed by atoms with van der Waals surface area (Å²) in [7, 11) is 0. The van der Waals surface area contributed by atoms with E-state index in [0.29, 0.717) is 0 Å². The average Bonchev–Trinajstić information content (AvgIpc) is 2.64. The van der Waals surface area contributed by atoms with E-state index in [-0.39, 0.29) is 0 Å². The van der Waals surface area contributed by atoms with Gasteiger partial charge in [0.1, 0.15) is 0 Å². The third kappa shape index (κ3) is 2.66. The Hall–Kier alpha value is -2.33. The first-order valence-electron chi connectivity index (χ1n) is 9.53. The van der Waals surface area contributed by atoms with Crippen LogP contribution in [-0.4, -0.2) is 18.3 Å². The van der Waals surface area contributed by atoms with Crippen molar-refractivity contribution in [1.82, 2.24) is 4.98 Å². The molecular formula is C24H23GeNO. The van der Waals surface area contributed by atoms with Crippen molar-refractivity contribution in [3.8, 4) is 22.8 Å². The monoisotopic (exact) mass is 415 g/mol. The van der Waals surface area contributed by atoms with E-state index in [0.717, 1.165) is 22.8 Å². The minimum atomic E-state index is -1.73. The van der Waals surface area contributed by atoms with Crippen molar-refractivity contribution in [1.29, 1.82) is 0 Å². The molecule has 0 unspecified atom stereocenters. The fourth-order valence-electron chi connectivity index (χ4n) is 4.27. The van der Waals surface area contributed by atoms with Crippen LogP contribution in [-0.2, 0) is 5.25 Å². The van der Waals surface area contributed by atoms with Crippen LogP contribution >= 0.6 is 0 Å². The molecule has 0 radical (unpaired) electrons. The van der Waals surface area contributed by atoms with E-state index in [4.69, 9.17) is 9.72 Å². The summed E-state index contributed by atoms with van der Waals surface area (Å²) in [5.41, 5.74) is 4.79. The number of ether oxygens (including phenoxy) is 1. The van der Waals surface area contributed by atoms with Gasteiger partial charge in [-0.3, -0.25) is 0 Å². The number of fused-ring (bicyclic) bond motifs is 3. The Morgan fingerprint density at radius 1 is 0.963 bits per heavy atom. The van der Waals surface area contributed by atoms with Crippen LogP contribution in [0.1, 0.15) is 11.1 Å². The predicted molar refractivity (Wildman–Crippen MR) is 117 cm³/mol. The molecule has 0 bridgehead atoms. The average molecular weight is 414 g/mol. The molecule has 1 aliphatic rings. The number of nitrogens with zero attached hydrogens (tertiary/aromatic N) is 1. The van der Waals surface area contributed by atoms with E-state index in [1.807, 2.05) is 6.20 Å². The van der Waals surface area contributed by atoms with Crippen LogP contribution in [0.3, 0.4) is 0 Å². The summed E-state index contributed by atoms with van der Waals surface area (Å²) >= 11 is -1.73. The molecule has 0 aliphatic carbocycles. The van der Waals surface area contributed by atoms with E-state index < -0.39 is 13.3 Å². The first-order valence-corrected chi connectivity index (χ1v) is 17.3. The van der Waals surface area contributed by atoms with Crippen LogP contribution in [0.5, 0.6) is 11.5 Å². The Bertz CT molecular complexity index is 1220. The van der Waals surface area contributed by atoms with E-state index in [1.54, 1.807) is 0 Å². The Balaban J connectivity index is 1.83. The standard InChI is InChI=1S/C24H23GeNO/c1-15-18-8-6-5-7-16(18)13-20-23-22-19(11-12-26-23)17(14-25(2,3)4)9-10-21(22)27-24(15)20/h5-13H,14H2,1-4H3. The summed E-state index contributed by atoms with van der Waals surface area (Å²) in [4.78, 5) is 4.80. The number of hydrogen-bond donors (Lipinski definition) is 0. The Labute approximate surface area is 162 Å². The molecule has 0 amide bonds. The number of pyridine rings is 1. The third-order valence-electron chi connectivity index (χ3n) is 5.42. The second kappa shape index (κ2) is 5.83. The molecule has 3 heteroatoms. The van der Waals surface area contributed by atoms with Crippen molar-refractivity contribution >= 4 is 34.8 Å². The first-order chi connectivity index (χ1) is 12.9. The summed E-state index contributed by atoms with van der Waals surface area (Å²) < 4.78 is 6.45. The van der Waals surface area contributed by atoms with Gasteiger partial charge in [0.25, 0.3) is 0 Å². The Kier molecular flexibility index (Phi) is 3.63. The number of rotatable bonds is 2. The van der Waals surface area contributed by atoms with Gasteiger partial charge in [-0.05, 0) is 0 Å². The van der Waals surface area contributed by atoms with Gasteiger partial charge in [-0.15, -0.1) is 0 Å². The van der Waals surface area contributed by atoms with Crippen molar-refractivity contribution in [2.24, 2.45) is 0 Å². The molecule has 134 valence electrons. The summed E-state index contributed by atoms with van der Waals surface area (Å²) in [6.07, 6.45) is 1.96. The molecule has 0 saturated carbocycles. The second-order valence-electron chi connectivity index (χ2n) is 8.74. The second-order valence-corrected chi connectivity index (χ2v) is 20.2. The normalized spacial score (nSPS) is 12.9. The summed E-state index contributed by atoms with van der Waals surface area (Å²) in [6, 6.07) is 17.3. The Morgan fingerprint density at radius 2 is 1.78 bits per heavy atom. The minimum absolute atomic E-state index is 0.934. The van der Waals surface area contributed by atoms with Crippen molar-refractivity contribution in [3.05, 3.63) is 65.9 Å². The van der Waals surface area contributed by atoms with E-state index in [9.17, 15) is 0 Å². The van der Waals surface area contributed by atoms with Crippen LogP contribution in [0.15, 0.2) is 54.7 Å². The van der Waals surface area contributed by atoms with Crippen molar-refractivity contribution in [3.63, 3.8) is 0 Å². The molecule has 3 aromatic carbocycles. The van der Waals surface area contributed by atoms with Crippen LogP contribution in [0, 0.1) is 6.92 Å². The fraction of sp³-hybridized carbons (Fsp3) is 0.208. The van der Waals surface area contributed by atoms with Crippen LogP contribution in [0.2, 0.25) is 17.3 Å². The maximum atomic E-state index is 6.45. The van der Waals surface area contributed by atoms with Crippen molar-refractivity contribution < 1.29 is 4.74 Å². The molecule has 27 heavy (non-hydrogen) atoms. The fourth-order valence-corrected chi connectivity index (χ4v) is 7.31. The molecule has 1 aromatic heterocycles. The first kappa shape index (κ1) is 16.8. The molecule has 5 rings (SSSR count). The molecule has 0 atom stereocenters. The van der Waals surface area contributed by atoms with Gasteiger partial charge in [-0.1, -0.05) is 0 Å². The van der Waals surface area contributed by atoms with Gasteiger partial charge in [0, 0.05) is 0 Å². The predicted octanol–water partition coefficient (Wildman–Crippen LogP) is 6.89. The topological polar surface area (TPSA) is 22.1 Å². The maximum absolute atomic E-state index is 6.45. The van der Waals surface area contributed by atoms with Crippen LogP contribution in [0.25, 0.3) is 32.8 Å². The molecule has 0 fully saturated rings. The summed E-state index contributed by atoms with van der Waals surface area (Å²) in [5, 5.41) is 6.16. The molecular weight excluding hydrogens is 391 g/mol. The zero-order valence-electron chi connectivity index (χ0n) is 16.3. The van der Waals surface area contributed by atoms with E-state index in [1.165, 1.54) is 37.9 Å². The molecule has 2 nitrogen and oxygen atoms in total. The molecule has 0 saturated heterocycles. The number of benzene rings is 3. The zero-order chi connectivity index (χ0) is 18.8. The van der Waals surface area contributed by atoms with Gasteiger partial charge < -0.3 is 0 Å². The molecule has 0 N–H and O–H groups in total. The molecule has 1 aliphatic heterocycles. The van der Waals surface area contributed by atoms with Crippen LogP contribution in [0.4, 0.5) is 0 Å². The third-order valence-corrected chi connectivity index (χ3v) is 8.44. The summed E-state index contributed by atoms with van der Waals surface area (Å²) in [6.45, 7) is 2.15. The van der Waals surface area contributed by atoms with Crippen LogP contribution < -0.4 is 4.74 Å². The zero-order valence-corrected chi connectivity index (χ0v) is 18.4. The van der Waals surface area contributed by atoms with Gasteiger partial charge in [0.05, 0.1) is 0 Å². The van der Waals surface area contributed by atoms with Gasteiger partial charge >= 0.3 is 163 Å². The quantitative estimate of drug-likeness (QED) is 0.294. The molecule has 2 heterocycles. The van der Waals surface area contributed by atoms with Gasteiger partial charge in [-0.25, -0.2) is 0 Å². The Morgan fingerprint density at radius 3 is 2.59 bits per heavy atom. The number of hydrogen-bond acceptors (Lipinski definition) is 2. The van der Waals surface area contributed by atoms with Gasteiger partial charge in [0.15, 0.2) is 0 Å².